The molecule has 0 saturated heterocycles. The molecule has 2 aromatic carbocycles. The number of nitrogens with zero attached hydrogens (tertiary/aromatic N) is 1. The molecule has 0 aliphatic carbocycles. The molecular weight excluding hydrogens is 297 g/mol. The van der Waals surface area contributed by atoms with Crippen LogP contribution in [0.3, 0.4) is 0 Å². The van der Waals surface area contributed by atoms with Crippen molar-refractivity contribution < 1.29 is 12.8 Å². The van der Waals surface area contributed by atoms with Crippen molar-refractivity contribution in [2.45, 2.75) is 4.90 Å². The van der Waals surface area contributed by atoms with Gasteiger partial charge in [-0.3, -0.25) is 0 Å². The minimum atomic E-state index is -3.84. The van der Waals surface area contributed by atoms with E-state index in [-0.39, 0.29) is 4.90 Å². The van der Waals surface area contributed by atoms with Crippen LogP contribution in [0.1, 0.15) is 5.56 Å². The van der Waals surface area contributed by atoms with Gasteiger partial charge in [0.25, 0.3) is 10.0 Å². The Hall–Kier alpha value is -1.66. The number of benzene rings is 2. The van der Waals surface area contributed by atoms with E-state index in [0.29, 0.717) is 5.04 Å². The van der Waals surface area contributed by atoms with Crippen LogP contribution < -0.4 is 0 Å². The van der Waals surface area contributed by atoms with E-state index in [1.807, 2.05) is 18.2 Å². The molecule has 0 bridgehead atoms. The minimum absolute atomic E-state index is 0.0265. The van der Waals surface area contributed by atoms with Gasteiger partial charge in [0, 0.05) is 5.56 Å². The smallest absolute Gasteiger partial charge is 0.207 e. The predicted octanol–water partition coefficient (Wildman–Crippen LogP) is 3.32. The number of rotatable bonds is 3. The molecule has 0 aromatic heterocycles. The molecule has 0 fully saturated rings. The number of hydrogen-bond donors (Lipinski definition) is 0. The topological polar surface area (TPSA) is 46.5 Å². The maximum absolute atomic E-state index is 12.8. The summed E-state index contributed by atoms with van der Waals surface area (Å²) in [5.74, 6) is -0.485. The van der Waals surface area contributed by atoms with E-state index in [4.69, 9.17) is 0 Å². The van der Waals surface area contributed by atoms with Crippen molar-refractivity contribution in [3.63, 3.8) is 0 Å². The monoisotopic (exact) mass is 309 g/mol. The summed E-state index contributed by atoms with van der Waals surface area (Å²) in [5.41, 5.74) is 0.727. The van der Waals surface area contributed by atoms with Crippen LogP contribution in [-0.2, 0) is 10.0 Å². The van der Waals surface area contributed by atoms with Crippen molar-refractivity contribution in [1.29, 1.82) is 0 Å². The van der Waals surface area contributed by atoms with Crippen LogP contribution in [0.15, 0.2) is 63.9 Å². The standard InChI is InChI=1S/C14H12FNO2S2/c1-19-14(11-5-3-2-4-6-11)16-20(17,18)13-9-7-12(15)8-10-13/h2-10H,1H3/b16-14+. The highest BCUT2D eigenvalue weighted by atomic mass is 32.2. The van der Waals surface area contributed by atoms with E-state index in [2.05, 4.69) is 4.40 Å². The number of thioether (sulfide) groups is 1. The van der Waals surface area contributed by atoms with Gasteiger partial charge in [-0.1, -0.05) is 30.3 Å². The zero-order valence-electron chi connectivity index (χ0n) is 10.7. The Kier molecular flexibility index (Phi) is 4.57. The molecule has 3 nitrogen and oxygen atoms in total. The molecule has 20 heavy (non-hydrogen) atoms. The summed E-state index contributed by atoms with van der Waals surface area (Å²) in [6, 6.07) is 13.7. The Morgan fingerprint density at radius 3 is 2.20 bits per heavy atom. The molecule has 0 aliphatic rings. The van der Waals surface area contributed by atoms with E-state index in [1.54, 1.807) is 18.4 Å². The molecule has 6 heteroatoms. The van der Waals surface area contributed by atoms with Crippen LogP contribution in [0.2, 0.25) is 0 Å². The highest BCUT2D eigenvalue weighted by Crippen LogP contribution is 2.18. The van der Waals surface area contributed by atoms with Crippen molar-refractivity contribution in [3.05, 3.63) is 66.0 Å². The summed E-state index contributed by atoms with van der Waals surface area (Å²) in [6.07, 6.45) is 1.76. The summed E-state index contributed by atoms with van der Waals surface area (Å²) in [7, 11) is -3.84. The van der Waals surface area contributed by atoms with Crippen LogP contribution >= 0.6 is 11.8 Å². The van der Waals surface area contributed by atoms with Crippen molar-refractivity contribution in [3.8, 4) is 0 Å². The van der Waals surface area contributed by atoms with Gasteiger partial charge in [-0.15, -0.1) is 11.8 Å². The second-order valence-corrected chi connectivity index (χ2v) is 6.29. The van der Waals surface area contributed by atoms with Crippen LogP contribution in [0, 0.1) is 5.82 Å². The van der Waals surface area contributed by atoms with Gasteiger partial charge in [0.15, 0.2) is 0 Å². The van der Waals surface area contributed by atoms with E-state index in [0.717, 1.165) is 17.7 Å². The van der Waals surface area contributed by atoms with Crippen molar-refractivity contribution in [2.24, 2.45) is 4.40 Å². The van der Waals surface area contributed by atoms with E-state index >= 15 is 0 Å². The van der Waals surface area contributed by atoms with E-state index in [1.165, 1.54) is 23.9 Å². The molecule has 2 rings (SSSR count). The first-order chi connectivity index (χ1) is 9.53. The number of halogens is 1. The third-order valence-corrected chi connectivity index (χ3v) is 4.65. The minimum Gasteiger partial charge on any atom is -0.207 e. The lowest BCUT2D eigenvalue weighted by Crippen LogP contribution is -2.03. The second-order valence-electron chi connectivity index (χ2n) is 3.90. The first-order valence-electron chi connectivity index (χ1n) is 5.73. The zero-order chi connectivity index (χ0) is 14.6. The lowest BCUT2D eigenvalue weighted by Gasteiger charge is -2.04. The largest absolute Gasteiger partial charge is 0.283 e. The fourth-order valence-electron chi connectivity index (χ4n) is 1.56. The highest BCUT2D eigenvalue weighted by Gasteiger charge is 2.15. The first-order valence-corrected chi connectivity index (χ1v) is 8.39. The summed E-state index contributed by atoms with van der Waals surface area (Å²) < 4.78 is 41.0. The zero-order valence-corrected chi connectivity index (χ0v) is 12.3. The summed E-state index contributed by atoms with van der Waals surface area (Å²) in [4.78, 5) is -0.0265. The quantitative estimate of drug-likeness (QED) is 0.645. The Bertz CT molecular complexity index is 711. The van der Waals surface area contributed by atoms with Gasteiger partial charge in [-0.25, -0.2) is 4.39 Å². The van der Waals surface area contributed by atoms with Crippen molar-refractivity contribution in [2.75, 3.05) is 6.26 Å². The third-order valence-electron chi connectivity index (χ3n) is 2.53. The summed E-state index contributed by atoms with van der Waals surface area (Å²) in [6.45, 7) is 0. The van der Waals surface area contributed by atoms with Gasteiger partial charge in [-0.05, 0) is 30.5 Å². The number of hydrogen-bond acceptors (Lipinski definition) is 3. The van der Waals surface area contributed by atoms with Gasteiger partial charge in [-0.2, -0.15) is 12.8 Å². The molecule has 0 spiro atoms. The maximum atomic E-state index is 12.8. The molecule has 0 atom stereocenters. The Morgan fingerprint density at radius 2 is 1.65 bits per heavy atom. The fraction of sp³-hybridized carbons (Fsp3) is 0.0714. The third kappa shape index (κ3) is 3.46. The molecule has 0 radical (unpaired) electrons. The number of sulfonamides is 1. The van der Waals surface area contributed by atoms with Crippen LogP contribution in [0.5, 0.6) is 0 Å². The molecule has 0 saturated carbocycles. The van der Waals surface area contributed by atoms with Crippen molar-refractivity contribution in [1.82, 2.24) is 0 Å². The molecule has 0 amide bonds. The summed E-state index contributed by atoms with van der Waals surface area (Å²) >= 11 is 1.24. The van der Waals surface area contributed by atoms with Crippen LogP contribution in [0.25, 0.3) is 0 Å². The average Bonchev–Trinajstić information content (AvgIpc) is 2.46. The van der Waals surface area contributed by atoms with Gasteiger partial charge >= 0.3 is 0 Å². The van der Waals surface area contributed by atoms with Crippen LogP contribution in [-0.4, -0.2) is 19.7 Å². The van der Waals surface area contributed by atoms with Crippen LogP contribution in [0.4, 0.5) is 4.39 Å². The van der Waals surface area contributed by atoms with Crippen molar-refractivity contribution >= 4 is 26.8 Å². The molecule has 104 valence electrons. The molecule has 0 N–H and O–H groups in total. The Labute approximate surface area is 121 Å². The lowest BCUT2D eigenvalue weighted by atomic mass is 10.2. The van der Waals surface area contributed by atoms with Gasteiger partial charge in [0.1, 0.15) is 10.9 Å². The Morgan fingerprint density at radius 1 is 1.05 bits per heavy atom. The lowest BCUT2D eigenvalue weighted by molar-refractivity contribution is 0.596. The molecule has 0 heterocycles. The first kappa shape index (κ1) is 14.7. The predicted molar refractivity (Wildman–Crippen MR) is 80.1 cm³/mol. The summed E-state index contributed by atoms with van der Waals surface area (Å²) in [5, 5.41) is 0.398. The van der Waals surface area contributed by atoms with E-state index < -0.39 is 15.8 Å². The van der Waals surface area contributed by atoms with Gasteiger partial charge in [0.05, 0.1) is 4.90 Å². The normalized spacial score (nSPS) is 12.4. The molecule has 2 aromatic rings. The van der Waals surface area contributed by atoms with Gasteiger partial charge in [0.2, 0.25) is 0 Å². The second kappa shape index (κ2) is 6.19. The Balaban J connectivity index is 2.43. The highest BCUT2D eigenvalue weighted by molar-refractivity contribution is 8.14. The molecule has 0 unspecified atom stereocenters. The van der Waals surface area contributed by atoms with Gasteiger partial charge < -0.3 is 0 Å². The SMILES string of the molecule is CS/C(=N/S(=O)(=O)c1ccc(F)cc1)c1ccccc1. The fourth-order valence-corrected chi connectivity index (χ4v) is 3.43. The molecular formula is C14H12FNO2S2. The maximum Gasteiger partial charge on any atom is 0.283 e. The van der Waals surface area contributed by atoms with E-state index in [9.17, 15) is 12.8 Å². The average molecular weight is 309 g/mol. The molecule has 0 aliphatic heterocycles.